The Morgan fingerprint density at radius 1 is 1.04 bits per heavy atom. The van der Waals surface area contributed by atoms with E-state index in [9.17, 15) is 9.59 Å². The highest BCUT2D eigenvalue weighted by Gasteiger charge is 2.21. The topological polar surface area (TPSA) is 78.4 Å². The first-order valence-electron chi connectivity index (χ1n) is 8.25. The minimum Gasteiger partial charge on any atom is -0.353 e. The Balaban J connectivity index is 1.74. The lowest BCUT2D eigenvalue weighted by molar-refractivity contribution is -0.129. The van der Waals surface area contributed by atoms with Crippen molar-refractivity contribution in [2.75, 3.05) is 36.4 Å². The summed E-state index contributed by atoms with van der Waals surface area (Å²) >= 11 is 0. The van der Waals surface area contributed by atoms with E-state index < -0.39 is 0 Å². The minimum absolute atomic E-state index is 0.0847. The maximum absolute atomic E-state index is 12.5. The molecule has 1 aromatic carbocycles. The van der Waals surface area contributed by atoms with Crippen LogP contribution in [0.2, 0.25) is 0 Å². The highest BCUT2D eigenvalue weighted by Crippen LogP contribution is 2.16. The van der Waals surface area contributed by atoms with E-state index in [-0.39, 0.29) is 11.8 Å². The van der Waals surface area contributed by atoms with Crippen molar-refractivity contribution in [3.63, 3.8) is 0 Å². The summed E-state index contributed by atoms with van der Waals surface area (Å²) in [4.78, 5) is 36.5. The third-order valence-electron chi connectivity index (χ3n) is 4.14. The Morgan fingerprint density at radius 3 is 2.36 bits per heavy atom. The second kappa shape index (κ2) is 7.29. The molecule has 0 saturated carbocycles. The third kappa shape index (κ3) is 4.12. The monoisotopic (exact) mass is 339 g/mol. The number of aromatic nitrogens is 2. The molecule has 1 aliphatic rings. The maximum Gasteiger partial charge on any atom is 0.274 e. The van der Waals surface area contributed by atoms with Crippen molar-refractivity contribution in [3.05, 3.63) is 47.9 Å². The Hall–Kier alpha value is -2.96. The van der Waals surface area contributed by atoms with Crippen molar-refractivity contribution in [1.82, 2.24) is 14.9 Å². The minimum atomic E-state index is -0.264. The van der Waals surface area contributed by atoms with Gasteiger partial charge in [0.2, 0.25) is 5.91 Å². The predicted molar refractivity (Wildman–Crippen MR) is 95.6 cm³/mol. The highest BCUT2D eigenvalue weighted by molar-refractivity contribution is 6.03. The van der Waals surface area contributed by atoms with Gasteiger partial charge in [-0.1, -0.05) is 18.2 Å². The zero-order chi connectivity index (χ0) is 17.8. The summed E-state index contributed by atoms with van der Waals surface area (Å²) < 4.78 is 0. The molecule has 0 spiro atoms. The van der Waals surface area contributed by atoms with E-state index in [0.717, 1.165) is 5.69 Å². The number of carbonyl (C=O) groups excluding carboxylic acids is 2. The number of para-hydroxylation sites is 1. The lowest BCUT2D eigenvalue weighted by atomic mass is 10.2. The number of hydrogen-bond acceptors (Lipinski definition) is 5. The van der Waals surface area contributed by atoms with Crippen molar-refractivity contribution < 1.29 is 9.59 Å². The molecule has 1 aromatic heterocycles. The van der Waals surface area contributed by atoms with Crippen LogP contribution in [0.25, 0.3) is 0 Å². The van der Waals surface area contributed by atoms with Crippen LogP contribution in [0.4, 0.5) is 11.5 Å². The standard InChI is InChI=1S/C18H21N5O2/c1-13-19-16(18(25)21-15-6-4-3-5-7-15)12-17(20-13)23-10-8-22(9-11-23)14(2)24/h3-7,12H,8-11H2,1-2H3,(H,21,25). The first kappa shape index (κ1) is 16.9. The molecule has 0 radical (unpaired) electrons. The molecule has 7 nitrogen and oxygen atoms in total. The number of aryl methyl sites for hydroxylation is 1. The number of amides is 2. The van der Waals surface area contributed by atoms with Gasteiger partial charge in [-0.05, 0) is 19.1 Å². The molecule has 25 heavy (non-hydrogen) atoms. The number of anilines is 2. The van der Waals surface area contributed by atoms with Crippen LogP contribution < -0.4 is 10.2 Å². The third-order valence-corrected chi connectivity index (χ3v) is 4.14. The van der Waals surface area contributed by atoms with Gasteiger partial charge in [0.25, 0.3) is 5.91 Å². The van der Waals surface area contributed by atoms with Crippen LogP contribution >= 0.6 is 0 Å². The van der Waals surface area contributed by atoms with Gasteiger partial charge in [-0.3, -0.25) is 9.59 Å². The average molecular weight is 339 g/mol. The Morgan fingerprint density at radius 2 is 1.72 bits per heavy atom. The number of rotatable bonds is 3. The summed E-state index contributed by atoms with van der Waals surface area (Å²) in [7, 11) is 0. The lowest BCUT2D eigenvalue weighted by Crippen LogP contribution is -2.48. The lowest BCUT2D eigenvalue weighted by Gasteiger charge is -2.35. The molecule has 1 saturated heterocycles. The summed E-state index contributed by atoms with van der Waals surface area (Å²) in [5.41, 5.74) is 1.06. The van der Waals surface area contributed by atoms with Crippen molar-refractivity contribution in [1.29, 1.82) is 0 Å². The fraction of sp³-hybridized carbons (Fsp3) is 0.333. The number of carbonyl (C=O) groups is 2. The fourth-order valence-electron chi connectivity index (χ4n) is 2.80. The number of hydrogen-bond donors (Lipinski definition) is 1. The van der Waals surface area contributed by atoms with Crippen LogP contribution in [0.5, 0.6) is 0 Å². The van der Waals surface area contributed by atoms with E-state index in [0.29, 0.717) is 43.5 Å². The number of piperazine rings is 1. The van der Waals surface area contributed by atoms with Crippen LogP contribution in [0, 0.1) is 6.92 Å². The summed E-state index contributed by atoms with van der Waals surface area (Å²) in [6.07, 6.45) is 0. The van der Waals surface area contributed by atoms with Gasteiger partial charge in [0.05, 0.1) is 0 Å². The summed E-state index contributed by atoms with van der Waals surface area (Å²) in [5, 5.41) is 2.84. The van der Waals surface area contributed by atoms with Gasteiger partial charge in [-0.2, -0.15) is 0 Å². The summed E-state index contributed by atoms with van der Waals surface area (Å²) in [5.74, 6) is 1.08. The summed E-state index contributed by atoms with van der Waals surface area (Å²) in [6, 6.07) is 11.0. The van der Waals surface area contributed by atoms with Crippen molar-refractivity contribution in [2.45, 2.75) is 13.8 Å². The second-order valence-corrected chi connectivity index (χ2v) is 5.97. The van der Waals surface area contributed by atoms with E-state index >= 15 is 0 Å². The Labute approximate surface area is 146 Å². The zero-order valence-electron chi connectivity index (χ0n) is 14.4. The van der Waals surface area contributed by atoms with Gasteiger partial charge in [0.1, 0.15) is 17.3 Å². The quantitative estimate of drug-likeness (QED) is 0.921. The molecule has 0 aliphatic carbocycles. The normalized spacial score (nSPS) is 14.3. The van der Waals surface area contributed by atoms with Gasteiger partial charge in [0.15, 0.2) is 0 Å². The molecule has 1 N–H and O–H groups in total. The van der Waals surface area contributed by atoms with Gasteiger partial charge >= 0.3 is 0 Å². The van der Waals surface area contributed by atoms with Crippen LogP contribution in [0.15, 0.2) is 36.4 Å². The molecule has 2 aromatic rings. The molecule has 130 valence electrons. The molecule has 2 amide bonds. The van der Waals surface area contributed by atoms with Crippen LogP contribution in [0.3, 0.4) is 0 Å². The van der Waals surface area contributed by atoms with Crippen molar-refractivity contribution in [2.24, 2.45) is 0 Å². The second-order valence-electron chi connectivity index (χ2n) is 5.97. The molecule has 0 bridgehead atoms. The maximum atomic E-state index is 12.5. The molecule has 7 heteroatoms. The highest BCUT2D eigenvalue weighted by atomic mass is 16.2. The summed E-state index contributed by atoms with van der Waals surface area (Å²) in [6.45, 7) is 6.05. The van der Waals surface area contributed by atoms with Gasteiger partial charge in [0, 0.05) is 44.9 Å². The Kier molecular flexibility index (Phi) is 4.92. The molecular formula is C18H21N5O2. The fourth-order valence-corrected chi connectivity index (χ4v) is 2.80. The average Bonchev–Trinajstić information content (AvgIpc) is 2.62. The van der Waals surface area contributed by atoms with Crippen LogP contribution in [-0.2, 0) is 4.79 Å². The SMILES string of the molecule is CC(=O)N1CCN(c2cc(C(=O)Nc3ccccc3)nc(C)n2)CC1. The largest absolute Gasteiger partial charge is 0.353 e. The van der Waals surface area contributed by atoms with Crippen molar-refractivity contribution >= 4 is 23.3 Å². The van der Waals surface area contributed by atoms with E-state index in [1.54, 1.807) is 19.9 Å². The molecule has 0 unspecified atom stereocenters. The first-order chi connectivity index (χ1) is 12.0. The van der Waals surface area contributed by atoms with Gasteiger partial charge in [-0.15, -0.1) is 0 Å². The number of nitrogens with one attached hydrogen (secondary N) is 1. The van der Waals surface area contributed by atoms with Crippen LogP contribution in [0.1, 0.15) is 23.2 Å². The van der Waals surface area contributed by atoms with E-state index in [1.807, 2.05) is 35.2 Å². The molecule has 1 fully saturated rings. The van der Waals surface area contributed by atoms with Gasteiger partial charge < -0.3 is 15.1 Å². The first-order valence-corrected chi connectivity index (χ1v) is 8.25. The molecule has 3 rings (SSSR count). The molecule has 0 atom stereocenters. The predicted octanol–water partition coefficient (Wildman–Crippen LogP) is 1.71. The van der Waals surface area contributed by atoms with E-state index in [4.69, 9.17) is 0 Å². The smallest absolute Gasteiger partial charge is 0.274 e. The van der Waals surface area contributed by atoms with E-state index in [2.05, 4.69) is 20.2 Å². The Bertz CT molecular complexity index is 770. The number of benzene rings is 1. The molecule has 1 aliphatic heterocycles. The van der Waals surface area contributed by atoms with Crippen LogP contribution in [-0.4, -0.2) is 52.9 Å². The molecular weight excluding hydrogens is 318 g/mol. The zero-order valence-corrected chi connectivity index (χ0v) is 14.4. The van der Waals surface area contributed by atoms with Gasteiger partial charge in [-0.25, -0.2) is 9.97 Å². The number of nitrogens with zero attached hydrogens (tertiary/aromatic N) is 4. The van der Waals surface area contributed by atoms with Crippen molar-refractivity contribution in [3.8, 4) is 0 Å². The van der Waals surface area contributed by atoms with E-state index in [1.165, 1.54) is 0 Å². The molecule has 2 heterocycles.